The van der Waals surface area contributed by atoms with Crippen LogP contribution in [0.15, 0.2) is 24.3 Å². The molecule has 5 heteroatoms. The van der Waals surface area contributed by atoms with Crippen molar-refractivity contribution in [1.29, 1.82) is 0 Å². The first-order valence-electron chi connectivity index (χ1n) is 7.50. The number of amides is 1. The van der Waals surface area contributed by atoms with Crippen LogP contribution in [-0.4, -0.2) is 57.7 Å². The number of likely N-dealkylation sites (N-methyl/N-ethyl adjacent to an activating group) is 1. The zero-order chi connectivity index (χ0) is 15.5. The predicted molar refractivity (Wildman–Crippen MR) is 86.0 cm³/mol. The maximum Gasteiger partial charge on any atom is 0.255 e. The van der Waals surface area contributed by atoms with Crippen LogP contribution in [0.2, 0.25) is 0 Å². The van der Waals surface area contributed by atoms with E-state index in [2.05, 4.69) is 17.6 Å². The molecule has 0 atom stereocenters. The zero-order valence-corrected chi connectivity index (χ0v) is 13.3. The monoisotopic (exact) mass is 293 g/mol. The van der Waals surface area contributed by atoms with E-state index in [1.54, 1.807) is 6.07 Å². The van der Waals surface area contributed by atoms with E-state index in [0.29, 0.717) is 24.5 Å². The van der Waals surface area contributed by atoms with Gasteiger partial charge in [0.05, 0.1) is 5.56 Å². The SMILES string of the molecule is CCCNCCNC(=O)c1ccccc1OCCN(C)C. The molecule has 0 aliphatic rings. The highest BCUT2D eigenvalue weighted by Crippen LogP contribution is 2.17. The van der Waals surface area contributed by atoms with E-state index in [9.17, 15) is 4.79 Å². The second kappa shape index (κ2) is 10.2. The zero-order valence-electron chi connectivity index (χ0n) is 13.3. The Morgan fingerprint density at radius 3 is 2.67 bits per heavy atom. The summed E-state index contributed by atoms with van der Waals surface area (Å²) in [7, 11) is 3.98. The lowest BCUT2D eigenvalue weighted by molar-refractivity contribution is 0.0949. The summed E-state index contributed by atoms with van der Waals surface area (Å²) in [4.78, 5) is 14.2. The van der Waals surface area contributed by atoms with Gasteiger partial charge in [0.25, 0.3) is 5.91 Å². The van der Waals surface area contributed by atoms with Crippen LogP contribution in [0.5, 0.6) is 5.75 Å². The Morgan fingerprint density at radius 1 is 1.19 bits per heavy atom. The van der Waals surface area contributed by atoms with Crippen molar-refractivity contribution in [1.82, 2.24) is 15.5 Å². The van der Waals surface area contributed by atoms with E-state index in [0.717, 1.165) is 26.1 Å². The maximum atomic E-state index is 12.2. The summed E-state index contributed by atoms with van der Waals surface area (Å²) in [5.74, 6) is 0.548. The number of hydrogen-bond donors (Lipinski definition) is 2. The lowest BCUT2D eigenvalue weighted by Crippen LogP contribution is -2.32. The molecule has 0 bridgehead atoms. The summed E-state index contributed by atoms with van der Waals surface area (Å²) in [6, 6.07) is 7.35. The fraction of sp³-hybridized carbons (Fsp3) is 0.562. The van der Waals surface area contributed by atoms with Gasteiger partial charge in [0, 0.05) is 19.6 Å². The smallest absolute Gasteiger partial charge is 0.255 e. The van der Waals surface area contributed by atoms with Crippen LogP contribution in [0.3, 0.4) is 0 Å². The van der Waals surface area contributed by atoms with Crippen LogP contribution in [0.4, 0.5) is 0 Å². The van der Waals surface area contributed by atoms with E-state index < -0.39 is 0 Å². The molecule has 0 aromatic heterocycles. The minimum absolute atomic E-state index is 0.0891. The van der Waals surface area contributed by atoms with Crippen molar-refractivity contribution in [3.63, 3.8) is 0 Å². The molecule has 2 N–H and O–H groups in total. The quantitative estimate of drug-likeness (QED) is 0.640. The van der Waals surface area contributed by atoms with Crippen molar-refractivity contribution in [3.05, 3.63) is 29.8 Å². The van der Waals surface area contributed by atoms with Crippen LogP contribution < -0.4 is 15.4 Å². The van der Waals surface area contributed by atoms with E-state index in [1.807, 2.05) is 37.2 Å². The molecule has 1 amide bonds. The molecule has 21 heavy (non-hydrogen) atoms. The molecule has 0 aliphatic heterocycles. The number of hydrogen-bond acceptors (Lipinski definition) is 4. The first-order chi connectivity index (χ1) is 10.1. The van der Waals surface area contributed by atoms with E-state index in [-0.39, 0.29) is 5.91 Å². The average Bonchev–Trinajstić information content (AvgIpc) is 2.47. The Labute approximate surface area is 127 Å². The highest BCUT2D eigenvalue weighted by molar-refractivity contribution is 5.96. The summed E-state index contributed by atoms with van der Waals surface area (Å²) >= 11 is 0. The van der Waals surface area contributed by atoms with Gasteiger partial charge in [-0.2, -0.15) is 0 Å². The summed E-state index contributed by atoms with van der Waals surface area (Å²) < 4.78 is 5.70. The van der Waals surface area contributed by atoms with Gasteiger partial charge in [-0.05, 0) is 39.2 Å². The standard InChI is InChI=1S/C16H27N3O2/c1-4-9-17-10-11-18-16(20)14-7-5-6-8-15(14)21-13-12-19(2)3/h5-8,17H,4,9-13H2,1-3H3,(H,18,20). The van der Waals surface area contributed by atoms with Crippen LogP contribution in [0.1, 0.15) is 23.7 Å². The molecule has 1 aromatic carbocycles. The van der Waals surface area contributed by atoms with Crippen LogP contribution in [0.25, 0.3) is 0 Å². The van der Waals surface area contributed by atoms with E-state index in [4.69, 9.17) is 4.74 Å². The van der Waals surface area contributed by atoms with Gasteiger partial charge in [0.15, 0.2) is 0 Å². The van der Waals surface area contributed by atoms with Crippen molar-refractivity contribution < 1.29 is 9.53 Å². The van der Waals surface area contributed by atoms with Crippen LogP contribution in [-0.2, 0) is 0 Å². The molecular weight excluding hydrogens is 266 g/mol. The molecular formula is C16H27N3O2. The number of ether oxygens (including phenoxy) is 1. The van der Waals surface area contributed by atoms with Crippen molar-refractivity contribution in [3.8, 4) is 5.75 Å². The lowest BCUT2D eigenvalue weighted by Gasteiger charge is -2.14. The molecule has 1 aromatic rings. The molecule has 0 saturated heterocycles. The van der Waals surface area contributed by atoms with Crippen molar-refractivity contribution >= 4 is 5.91 Å². The Hall–Kier alpha value is -1.59. The Kier molecular flexibility index (Phi) is 8.47. The normalized spacial score (nSPS) is 10.7. The first-order valence-corrected chi connectivity index (χ1v) is 7.50. The van der Waals surface area contributed by atoms with Gasteiger partial charge >= 0.3 is 0 Å². The molecule has 118 valence electrons. The van der Waals surface area contributed by atoms with Crippen LogP contribution >= 0.6 is 0 Å². The minimum Gasteiger partial charge on any atom is -0.491 e. The van der Waals surface area contributed by atoms with E-state index in [1.165, 1.54) is 0 Å². The number of nitrogens with zero attached hydrogens (tertiary/aromatic N) is 1. The molecule has 0 spiro atoms. The molecule has 0 aliphatic carbocycles. The third kappa shape index (κ3) is 7.11. The van der Waals surface area contributed by atoms with E-state index >= 15 is 0 Å². The summed E-state index contributed by atoms with van der Waals surface area (Å²) in [5, 5.41) is 6.16. The second-order valence-corrected chi connectivity index (χ2v) is 5.15. The summed E-state index contributed by atoms with van der Waals surface area (Å²) in [6.07, 6.45) is 1.09. The first kappa shape index (κ1) is 17.5. The summed E-state index contributed by atoms with van der Waals surface area (Å²) in [5.41, 5.74) is 0.590. The Balaban J connectivity index is 2.46. The van der Waals surface area contributed by atoms with Crippen LogP contribution in [0, 0.1) is 0 Å². The molecule has 0 heterocycles. The average molecular weight is 293 g/mol. The second-order valence-electron chi connectivity index (χ2n) is 5.15. The minimum atomic E-state index is -0.0891. The number of rotatable bonds is 10. The number of carbonyl (C=O) groups excluding carboxylic acids is 1. The predicted octanol–water partition coefficient (Wildman–Crippen LogP) is 1.36. The number of para-hydroxylation sites is 1. The van der Waals surface area contributed by atoms with Gasteiger partial charge in [-0.3, -0.25) is 4.79 Å². The van der Waals surface area contributed by atoms with Gasteiger partial charge in [-0.1, -0.05) is 19.1 Å². The number of benzene rings is 1. The van der Waals surface area contributed by atoms with Crippen molar-refractivity contribution in [2.75, 3.05) is 46.9 Å². The molecule has 1 rings (SSSR count). The molecule has 0 fully saturated rings. The third-order valence-electron chi connectivity index (χ3n) is 2.94. The van der Waals surface area contributed by atoms with Crippen molar-refractivity contribution in [2.45, 2.75) is 13.3 Å². The maximum absolute atomic E-state index is 12.2. The number of carbonyl (C=O) groups is 1. The van der Waals surface area contributed by atoms with Gasteiger partial charge in [0.1, 0.15) is 12.4 Å². The van der Waals surface area contributed by atoms with Gasteiger partial charge in [0.2, 0.25) is 0 Å². The summed E-state index contributed by atoms with van der Waals surface area (Å²) in [6.45, 7) is 5.87. The fourth-order valence-corrected chi connectivity index (χ4v) is 1.78. The third-order valence-corrected chi connectivity index (χ3v) is 2.94. The lowest BCUT2D eigenvalue weighted by atomic mass is 10.2. The highest BCUT2D eigenvalue weighted by atomic mass is 16.5. The van der Waals surface area contributed by atoms with Gasteiger partial charge in [-0.25, -0.2) is 0 Å². The fourth-order valence-electron chi connectivity index (χ4n) is 1.78. The topological polar surface area (TPSA) is 53.6 Å². The Morgan fingerprint density at radius 2 is 1.95 bits per heavy atom. The Bertz CT molecular complexity index is 422. The molecule has 5 nitrogen and oxygen atoms in total. The van der Waals surface area contributed by atoms with Crippen molar-refractivity contribution in [2.24, 2.45) is 0 Å². The molecule has 0 radical (unpaired) electrons. The number of nitrogens with one attached hydrogen (secondary N) is 2. The largest absolute Gasteiger partial charge is 0.491 e. The molecule has 0 unspecified atom stereocenters. The van der Waals surface area contributed by atoms with Gasteiger partial charge in [-0.15, -0.1) is 0 Å². The molecule has 0 saturated carbocycles. The van der Waals surface area contributed by atoms with Gasteiger partial charge < -0.3 is 20.3 Å². The highest BCUT2D eigenvalue weighted by Gasteiger charge is 2.11.